The zero-order chi connectivity index (χ0) is 13.4. The first-order valence-electron chi connectivity index (χ1n) is 6.89. The summed E-state index contributed by atoms with van der Waals surface area (Å²) in [5, 5.41) is 0.280. The molecule has 102 valence electrons. The van der Waals surface area contributed by atoms with Crippen molar-refractivity contribution in [2.45, 2.75) is 38.1 Å². The second-order valence-electron chi connectivity index (χ2n) is 5.50. The third kappa shape index (κ3) is 2.41. The van der Waals surface area contributed by atoms with Gasteiger partial charge in [0.25, 0.3) is 5.91 Å². The molecule has 1 saturated heterocycles. The van der Waals surface area contributed by atoms with Gasteiger partial charge in [0.05, 0.1) is 0 Å². The molecule has 1 aromatic rings. The number of carbonyl (C=O) groups excluding carboxylic acids is 1. The van der Waals surface area contributed by atoms with Crippen LogP contribution >= 0.6 is 11.6 Å². The van der Waals surface area contributed by atoms with Gasteiger partial charge >= 0.3 is 0 Å². The Kier molecular flexibility index (Phi) is 3.35. The standard InChI is InChI=1S/C14H18ClN3O/c15-12-7-10(8-13(16)17-12)14(19)18-6-5-9-3-1-2-4-11(9)18/h7-9,11H,1-6H2,(H2,16,17). The van der Waals surface area contributed by atoms with Crippen molar-refractivity contribution in [1.29, 1.82) is 0 Å². The molecule has 5 heteroatoms. The lowest BCUT2D eigenvalue weighted by Gasteiger charge is -2.31. The summed E-state index contributed by atoms with van der Waals surface area (Å²) in [6, 6.07) is 3.63. The molecule has 1 aromatic heterocycles. The van der Waals surface area contributed by atoms with Crippen LogP contribution in [-0.4, -0.2) is 28.4 Å². The van der Waals surface area contributed by atoms with E-state index >= 15 is 0 Å². The van der Waals surface area contributed by atoms with Crippen LogP contribution < -0.4 is 5.73 Å². The van der Waals surface area contributed by atoms with E-state index in [4.69, 9.17) is 17.3 Å². The van der Waals surface area contributed by atoms with Gasteiger partial charge in [0.2, 0.25) is 0 Å². The molecule has 0 spiro atoms. The lowest BCUT2D eigenvalue weighted by Crippen LogP contribution is -2.39. The molecule has 2 atom stereocenters. The Morgan fingerprint density at radius 3 is 2.89 bits per heavy atom. The fraction of sp³-hybridized carbons (Fsp3) is 0.571. The van der Waals surface area contributed by atoms with E-state index in [-0.39, 0.29) is 11.1 Å². The minimum atomic E-state index is 0.0467. The number of amides is 1. The quantitative estimate of drug-likeness (QED) is 0.804. The highest BCUT2D eigenvalue weighted by Crippen LogP contribution is 2.37. The van der Waals surface area contributed by atoms with Crippen LogP contribution in [-0.2, 0) is 0 Å². The molecule has 2 aliphatic rings. The van der Waals surface area contributed by atoms with E-state index in [2.05, 4.69) is 4.98 Å². The van der Waals surface area contributed by atoms with Crippen LogP contribution in [0.15, 0.2) is 12.1 Å². The number of hydrogen-bond acceptors (Lipinski definition) is 3. The summed E-state index contributed by atoms with van der Waals surface area (Å²) in [6.45, 7) is 0.855. The highest BCUT2D eigenvalue weighted by molar-refractivity contribution is 6.29. The molecular formula is C14H18ClN3O. The Bertz CT molecular complexity index is 485. The molecule has 3 rings (SSSR count). The molecule has 2 heterocycles. The third-order valence-corrected chi connectivity index (χ3v) is 4.53. The number of carbonyl (C=O) groups is 1. The van der Waals surface area contributed by atoms with E-state index in [1.165, 1.54) is 19.3 Å². The minimum Gasteiger partial charge on any atom is -0.384 e. The van der Waals surface area contributed by atoms with E-state index in [0.717, 1.165) is 19.4 Å². The monoisotopic (exact) mass is 279 g/mol. The maximum atomic E-state index is 12.6. The molecule has 4 nitrogen and oxygen atoms in total. The number of aromatic nitrogens is 1. The minimum absolute atomic E-state index is 0.0467. The fourth-order valence-electron chi connectivity index (χ4n) is 3.46. The van der Waals surface area contributed by atoms with E-state index in [1.54, 1.807) is 12.1 Å². The normalized spacial score (nSPS) is 26.3. The summed E-state index contributed by atoms with van der Waals surface area (Å²) in [7, 11) is 0. The van der Waals surface area contributed by atoms with Crippen LogP contribution in [0.1, 0.15) is 42.5 Å². The molecule has 2 unspecified atom stereocenters. The zero-order valence-corrected chi connectivity index (χ0v) is 11.6. The van der Waals surface area contributed by atoms with Gasteiger partial charge < -0.3 is 10.6 Å². The van der Waals surface area contributed by atoms with Crippen molar-refractivity contribution in [1.82, 2.24) is 9.88 Å². The number of nitrogen functional groups attached to an aromatic ring is 1. The highest BCUT2D eigenvalue weighted by atomic mass is 35.5. The lowest BCUT2D eigenvalue weighted by atomic mass is 9.85. The van der Waals surface area contributed by atoms with Gasteiger partial charge in [0, 0.05) is 18.2 Å². The van der Waals surface area contributed by atoms with Crippen LogP contribution in [0.25, 0.3) is 0 Å². The first-order chi connectivity index (χ1) is 9.15. The number of likely N-dealkylation sites (tertiary alicyclic amines) is 1. The average Bonchev–Trinajstić information content (AvgIpc) is 2.80. The number of rotatable bonds is 1. The smallest absolute Gasteiger partial charge is 0.254 e. The largest absolute Gasteiger partial charge is 0.384 e. The average molecular weight is 280 g/mol. The van der Waals surface area contributed by atoms with Gasteiger partial charge in [-0.2, -0.15) is 0 Å². The molecule has 2 N–H and O–H groups in total. The summed E-state index contributed by atoms with van der Waals surface area (Å²) in [5.74, 6) is 1.04. The van der Waals surface area contributed by atoms with Gasteiger partial charge in [-0.05, 0) is 37.3 Å². The van der Waals surface area contributed by atoms with Crippen molar-refractivity contribution in [2.24, 2.45) is 5.92 Å². The Hall–Kier alpha value is -1.29. The molecule has 19 heavy (non-hydrogen) atoms. The van der Waals surface area contributed by atoms with Crippen molar-refractivity contribution in [2.75, 3.05) is 12.3 Å². The van der Waals surface area contributed by atoms with E-state index in [9.17, 15) is 4.79 Å². The van der Waals surface area contributed by atoms with Crippen LogP contribution in [0, 0.1) is 5.92 Å². The second kappa shape index (κ2) is 5.00. The summed E-state index contributed by atoms with van der Waals surface area (Å²) in [5.41, 5.74) is 6.22. The number of hydrogen-bond donors (Lipinski definition) is 1. The Balaban J connectivity index is 1.83. The summed E-state index contributed by atoms with van der Waals surface area (Å²) in [4.78, 5) is 18.5. The first-order valence-corrected chi connectivity index (χ1v) is 7.27. The maximum absolute atomic E-state index is 12.6. The predicted octanol–water partition coefficient (Wildman–Crippen LogP) is 2.72. The number of pyridine rings is 1. The van der Waals surface area contributed by atoms with E-state index in [0.29, 0.717) is 23.3 Å². The van der Waals surface area contributed by atoms with Gasteiger partial charge in [-0.15, -0.1) is 0 Å². The molecule has 2 fully saturated rings. The number of anilines is 1. The molecule has 0 bridgehead atoms. The third-order valence-electron chi connectivity index (χ3n) is 4.33. The summed E-state index contributed by atoms with van der Waals surface area (Å²) in [6.07, 6.45) is 6.05. The number of fused-ring (bicyclic) bond motifs is 1. The Morgan fingerprint density at radius 1 is 1.32 bits per heavy atom. The molecule has 0 radical (unpaired) electrons. The van der Waals surface area contributed by atoms with Crippen molar-refractivity contribution >= 4 is 23.3 Å². The number of halogens is 1. The number of nitrogens with zero attached hydrogens (tertiary/aromatic N) is 2. The van der Waals surface area contributed by atoms with Crippen molar-refractivity contribution in [3.63, 3.8) is 0 Å². The second-order valence-corrected chi connectivity index (χ2v) is 5.89. The molecule has 1 aliphatic carbocycles. The Morgan fingerprint density at radius 2 is 2.11 bits per heavy atom. The maximum Gasteiger partial charge on any atom is 0.254 e. The van der Waals surface area contributed by atoms with E-state index < -0.39 is 0 Å². The topological polar surface area (TPSA) is 59.2 Å². The Labute approximate surface area is 117 Å². The molecular weight excluding hydrogens is 262 g/mol. The van der Waals surface area contributed by atoms with Gasteiger partial charge in [0.15, 0.2) is 0 Å². The molecule has 0 aromatic carbocycles. The van der Waals surface area contributed by atoms with Crippen molar-refractivity contribution in [3.05, 3.63) is 22.8 Å². The van der Waals surface area contributed by atoms with Crippen molar-refractivity contribution in [3.8, 4) is 0 Å². The highest BCUT2D eigenvalue weighted by Gasteiger charge is 2.38. The van der Waals surface area contributed by atoms with Gasteiger partial charge in [-0.25, -0.2) is 4.98 Å². The summed E-state index contributed by atoms with van der Waals surface area (Å²) >= 11 is 5.88. The molecule has 1 saturated carbocycles. The van der Waals surface area contributed by atoms with Crippen LogP contribution in [0.5, 0.6) is 0 Å². The molecule has 1 amide bonds. The van der Waals surface area contributed by atoms with E-state index in [1.807, 2.05) is 4.90 Å². The number of nitrogens with two attached hydrogens (primary N) is 1. The zero-order valence-electron chi connectivity index (χ0n) is 10.8. The first kappa shape index (κ1) is 12.7. The fourth-order valence-corrected chi connectivity index (χ4v) is 3.68. The van der Waals surface area contributed by atoms with Gasteiger partial charge in [-0.1, -0.05) is 24.4 Å². The van der Waals surface area contributed by atoms with Gasteiger partial charge in [-0.3, -0.25) is 4.79 Å². The van der Waals surface area contributed by atoms with Crippen LogP contribution in [0.2, 0.25) is 5.15 Å². The van der Waals surface area contributed by atoms with Gasteiger partial charge in [0.1, 0.15) is 11.0 Å². The molecule has 1 aliphatic heterocycles. The van der Waals surface area contributed by atoms with Crippen LogP contribution in [0.3, 0.4) is 0 Å². The SMILES string of the molecule is Nc1cc(C(=O)N2CCC3CCCCC32)cc(Cl)n1. The predicted molar refractivity (Wildman–Crippen MR) is 75.1 cm³/mol. The summed E-state index contributed by atoms with van der Waals surface area (Å²) < 4.78 is 0. The van der Waals surface area contributed by atoms with Crippen molar-refractivity contribution < 1.29 is 4.79 Å². The lowest BCUT2D eigenvalue weighted by molar-refractivity contribution is 0.0690. The van der Waals surface area contributed by atoms with Crippen LogP contribution in [0.4, 0.5) is 5.82 Å².